The van der Waals surface area contributed by atoms with Crippen molar-refractivity contribution in [2.45, 2.75) is 40.2 Å². The number of ketones is 1. The van der Waals surface area contributed by atoms with Gasteiger partial charge in [-0.05, 0) is 38.8 Å². The van der Waals surface area contributed by atoms with Gasteiger partial charge in [0.2, 0.25) is 0 Å². The van der Waals surface area contributed by atoms with Crippen LogP contribution in [-0.2, 0) is 18.3 Å². The fraction of sp³-hybridized carbons (Fsp3) is 0.583. The van der Waals surface area contributed by atoms with Gasteiger partial charge >= 0.3 is 0 Å². The number of aliphatic hydroxyl groups excluding tert-OH is 1. The minimum Gasteiger partial charge on any atom is -0.389 e. The normalized spacial score (nSPS) is 14.5. The Hall–Kier alpha value is -1.49. The van der Waals surface area contributed by atoms with Crippen molar-refractivity contribution in [1.29, 1.82) is 0 Å². The lowest BCUT2D eigenvalue weighted by atomic mass is 10.0. The van der Waals surface area contributed by atoms with Crippen molar-refractivity contribution in [1.82, 2.24) is 14.8 Å². The van der Waals surface area contributed by atoms with Crippen molar-refractivity contribution in [2.75, 3.05) is 0 Å². The molecule has 1 atom stereocenters. The molecular formula is C12H19N3O2. The topological polar surface area (TPSA) is 68.0 Å². The molecule has 1 aromatic rings. The third kappa shape index (κ3) is 3.23. The monoisotopic (exact) mass is 237 g/mol. The van der Waals surface area contributed by atoms with Crippen LogP contribution in [0.3, 0.4) is 0 Å². The quantitative estimate of drug-likeness (QED) is 0.792. The molecule has 0 aromatic carbocycles. The van der Waals surface area contributed by atoms with Crippen molar-refractivity contribution >= 4 is 5.78 Å². The van der Waals surface area contributed by atoms with Crippen molar-refractivity contribution in [3.05, 3.63) is 22.8 Å². The fourth-order valence-electron chi connectivity index (χ4n) is 1.52. The number of aryl methyl sites for hydroxylation is 2. The van der Waals surface area contributed by atoms with Gasteiger partial charge in [0.15, 0.2) is 5.78 Å². The largest absolute Gasteiger partial charge is 0.389 e. The lowest BCUT2D eigenvalue weighted by molar-refractivity contribution is -0.115. The van der Waals surface area contributed by atoms with E-state index >= 15 is 0 Å². The summed E-state index contributed by atoms with van der Waals surface area (Å²) in [6, 6.07) is 0. The molecule has 17 heavy (non-hydrogen) atoms. The minimum absolute atomic E-state index is 0.0288. The second-order valence-electron chi connectivity index (χ2n) is 4.28. The highest BCUT2D eigenvalue weighted by Gasteiger charge is 2.14. The molecule has 1 N–H and O–H groups in total. The third-order valence-corrected chi connectivity index (χ3v) is 2.91. The maximum Gasteiger partial charge on any atom is 0.166 e. The summed E-state index contributed by atoms with van der Waals surface area (Å²) in [6.07, 6.45) is -0.382. The average Bonchev–Trinajstić information content (AvgIpc) is 2.55. The lowest BCUT2D eigenvalue weighted by Crippen LogP contribution is -2.14. The van der Waals surface area contributed by atoms with Gasteiger partial charge in [0.05, 0.1) is 12.5 Å². The zero-order valence-corrected chi connectivity index (χ0v) is 11.0. The molecule has 0 aliphatic carbocycles. The van der Waals surface area contributed by atoms with Crippen LogP contribution in [0.2, 0.25) is 0 Å². The molecule has 0 aliphatic rings. The molecule has 0 spiro atoms. The van der Waals surface area contributed by atoms with E-state index in [0.717, 1.165) is 0 Å². The molecule has 0 fully saturated rings. The first-order valence-corrected chi connectivity index (χ1v) is 5.58. The highest BCUT2D eigenvalue weighted by molar-refractivity contribution is 5.96. The number of carbonyl (C=O) groups is 1. The first-order valence-electron chi connectivity index (χ1n) is 5.58. The summed E-state index contributed by atoms with van der Waals surface area (Å²) in [4.78, 5) is 16.2. The summed E-state index contributed by atoms with van der Waals surface area (Å²) in [6.45, 7) is 6.93. The molecule has 0 saturated carbocycles. The number of allylic oxidation sites excluding steroid dienone is 1. The summed E-state index contributed by atoms with van der Waals surface area (Å²) < 4.78 is 1.61. The molecule has 5 heteroatoms. The molecule has 1 unspecified atom stereocenters. The molecule has 0 saturated heterocycles. The number of aliphatic hydroxyl groups is 1. The predicted octanol–water partition coefficient (Wildman–Crippen LogP) is 0.952. The van der Waals surface area contributed by atoms with Crippen LogP contribution in [0.5, 0.6) is 0 Å². The number of rotatable bonds is 4. The molecule has 1 heterocycles. The SMILES string of the molecule is C/C(C(=O)Cc1nc(C)nn1C)=C(\C)C(C)O. The third-order valence-electron chi connectivity index (χ3n) is 2.91. The fourth-order valence-corrected chi connectivity index (χ4v) is 1.52. The van der Waals surface area contributed by atoms with E-state index in [-0.39, 0.29) is 12.2 Å². The zero-order valence-electron chi connectivity index (χ0n) is 11.0. The Balaban J connectivity index is 2.87. The first-order chi connectivity index (χ1) is 7.82. The predicted molar refractivity (Wildman–Crippen MR) is 64.5 cm³/mol. The van der Waals surface area contributed by atoms with E-state index < -0.39 is 6.10 Å². The van der Waals surface area contributed by atoms with Gasteiger partial charge in [-0.15, -0.1) is 0 Å². The number of aromatic nitrogens is 3. The Morgan fingerprint density at radius 3 is 2.47 bits per heavy atom. The molecule has 1 rings (SSSR count). The van der Waals surface area contributed by atoms with Gasteiger partial charge in [-0.3, -0.25) is 9.48 Å². The lowest BCUT2D eigenvalue weighted by Gasteiger charge is -2.09. The van der Waals surface area contributed by atoms with Crippen molar-refractivity contribution in [3.63, 3.8) is 0 Å². The highest BCUT2D eigenvalue weighted by atomic mass is 16.3. The van der Waals surface area contributed by atoms with Crippen LogP contribution >= 0.6 is 0 Å². The van der Waals surface area contributed by atoms with Crippen LogP contribution in [0.1, 0.15) is 32.4 Å². The minimum atomic E-state index is -0.597. The molecular weight excluding hydrogens is 218 g/mol. The molecule has 94 valence electrons. The highest BCUT2D eigenvalue weighted by Crippen LogP contribution is 2.11. The summed E-state index contributed by atoms with van der Waals surface area (Å²) >= 11 is 0. The van der Waals surface area contributed by atoms with Crippen LogP contribution in [0, 0.1) is 6.92 Å². The van der Waals surface area contributed by atoms with Crippen LogP contribution in [0.4, 0.5) is 0 Å². The molecule has 1 aromatic heterocycles. The van der Waals surface area contributed by atoms with Crippen LogP contribution in [-0.4, -0.2) is 31.8 Å². The number of hydrogen-bond acceptors (Lipinski definition) is 4. The maximum absolute atomic E-state index is 12.0. The van der Waals surface area contributed by atoms with E-state index in [9.17, 15) is 9.90 Å². The number of Topliss-reactive ketones (excluding diaryl/α,β-unsaturated/α-hetero) is 1. The summed E-state index contributed by atoms with van der Waals surface area (Å²) in [7, 11) is 1.77. The summed E-state index contributed by atoms with van der Waals surface area (Å²) in [5, 5.41) is 13.5. The molecule has 0 radical (unpaired) electrons. The van der Waals surface area contributed by atoms with E-state index in [2.05, 4.69) is 10.1 Å². The van der Waals surface area contributed by atoms with Gasteiger partial charge in [0.1, 0.15) is 11.6 Å². The van der Waals surface area contributed by atoms with Crippen LogP contribution in [0.15, 0.2) is 11.1 Å². The average molecular weight is 237 g/mol. The van der Waals surface area contributed by atoms with E-state index in [1.54, 1.807) is 39.4 Å². The van der Waals surface area contributed by atoms with Crippen molar-refractivity contribution < 1.29 is 9.90 Å². The van der Waals surface area contributed by atoms with Crippen molar-refractivity contribution in [2.24, 2.45) is 7.05 Å². The van der Waals surface area contributed by atoms with Gasteiger partial charge in [-0.1, -0.05) is 0 Å². The second kappa shape index (κ2) is 5.23. The maximum atomic E-state index is 12.0. The molecule has 0 bridgehead atoms. The molecule has 0 amide bonds. The molecule has 0 aliphatic heterocycles. The zero-order chi connectivity index (χ0) is 13.2. The Kier molecular flexibility index (Phi) is 4.17. The second-order valence-corrected chi connectivity index (χ2v) is 4.28. The smallest absolute Gasteiger partial charge is 0.166 e. The Bertz CT molecular complexity index is 458. The Labute approximate surface area is 101 Å². The summed E-state index contributed by atoms with van der Waals surface area (Å²) in [5.41, 5.74) is 1.30. The van der Waals surface area contributed by atoms with Gasteiger partial charge in [-0.2, -0.15) is 5.10 Å². The van der Waals surface area contributed by atoms with E-state index in [1.807, 2.05) is 0 Å². The first kappa shape index (κ1) is 13.6. The number of carbonyl (C=O) groups excluding carboxylic acids is 1. The van der Waals surface area contributed by atoms with Crippen LogP contribution < -0.4 is 0 Å². The number of nitrogens with zero attached hydrogens (tertiary/aromatic N) is 3. The van der Waals surface area contributed by atoms with E-state index in [0.29, 0.717) is 22.8 Å². The van der Waals surface area contributed by atoms with Gasteiger partial charge in [0.25, 0.3) is 0 Å². The van der Waals surface area contributed by atoms with Crippen LogP contribution in [0.25, 0.3) is 0 Å². The number of hydrogen-bond donors (Lipinski definition) is 1. The van der Waals surface area contributed by atoms with E-state index in [4.69, 9.17) is 0 Å². The van der Waals surface area contributed by atoms with Gasteiger partial charge < -0.3 is 5.11 Å². The summed E-state index contributed by atoms with van der Waals surface area (Å²) in [5.74, 6) is 1.27. The Morgan fingerprint density at radius 2 is 2.06 bits per heavy atom. The standard InChI is InChI=1S/C12H19N3O2/c1-7(9(3)16)8(2)11(17)6-12-13-10(4)14-15(12)5/h9,16H,6H2,1-5H3/b8-7-. The molecule has 5 nitrogen and oxygen atoms in total. The van der Waals surface area contributed by atoms with E-state index in [1.165, 1.54) is 0 Å². The van der Waals surface area contributed by atoms with Gasteiger partial charge in [-0.25, -0.2) is 4.98 Å². The Morgan fingerprint density at radius 1 is 1.47 bits per heavy atom. The van der Waals surface area contributed by atoms with Crippen molar-refractivity contribution in [3.8, 4) is 0 Å². The van der Waals surface area contributed by atoms with Gasteiger partial charge in [0, 0.05) is 7.05 Å².